The van der Waals surface area contributed by atoms with Gasteiger partial charge in [0.2, 0.25) is 0 Å². The summed E-state index contributed by atoms with van der Waals surface area (Å²) in [6.07, 6.45) is 0. The van der Waals surface area contributed by atoms with Gasteiger partial charge in [-0.3, -0.25) is 0 Å². The van der Waals surface area contributed by atoms with Gasteiger partial charge in [-0.2, -0.15) is 0 Å². The van der Waals surface area contributed by atoms with Crippen LogP contribution in [0.25, 0.3) is 77.5 Å². The topological polar surface area (TPSA) is 12.5 Å². The first-order valence-electron chi connectivity index (χ1n) is 21.8. The van der Waals surface area contributed by atoms with Gasteiger partial charge in [-0.25, -0.2) is 0 Å². The lowest BCUT2D eigenvalue weighted by atomic mass is 9.82. The Morgan fingerprint density at radius 1 is 0.333 bits per heavy atom. The van der Waals surface area contributed by atoms with E-state index in [0.29, 0.717) is 0 Å². The molecule has 2 heteroatoms. The van der Waals surface area contributed by atoms with Gasteiger partial charge in [-0.1, -0.05) is 178 Å². The van der Waals surface area contributed by atoms with Crippen molar-refractivity contribution in [1.29, 1.82) is 0 Å². The first-order chi connectivity index (χ1) is 31.0. The molecule has 0 saturated heterocycles. The second kappa shape index (κ2) is 14.6. The molecule has 0 unspecified atom stereocenters. The lowest BCUT2D eigenvalue weighted by Gasteiger charge is -2.28. The lowest BCUT2D eigenvalue weighted by molar-refractivity contribution is 0.488. The van der Waals surface area contributed by atoms with Crippen molar-refractivity contribution in [2.45, 2.75) is 19.3 Å². The molecular formula is C61H43NO. The Morgan fingerprint density at radius 2 is 0.857 bits per heavy atom. The van der Waals surface area contributed by atoms with Crippen LogP contribution in [0.1, 0.15) is 25.0 Å². The van der Waals surface area contributed by atoms with Gasteiger partial charge >= 0.3 is 0 Å². The Labute approximate surface area is 369 Å². The van der Waals surface area contributed by atoms with Gasteiger partial charge in [0.1, 0.15) is 11.5 Å². The van der Waals surface area contributed by atoms with E-state index in [1.165, 1.54) is 60.8 Å². The van der Waals surface area contributed by atoms with Crippen LogP contribution in [0.5, 0.6) is 11.5 Å². The summed E-state index contributed by atoms with van der Waals surface area (Å²) in [6, 6.07) is 81.5. The molecule has 0 aromatic heterocycles. The predicted molar refractivity (Wildman–Crippen MR) is 263 cm³/mol. The van der Waals surface area contributed by atoms with Crippen molar-refractivity contribution >= 4 is 27.8 Å². The molecule has 10 aromatic rings. The highest BCUT2D eigenvalue weighted by atomic mass is 16.5. The van der Waals surface area contributed by atoms with Crippen molar-refractivity contribution in [1.82, 2.24) is 0 Å². The molecule has 0 fully saturated rings. The summed E-state index contributed by atoms with van der Waals surface area (Å²) in [5.74, 6) is 1.71. The zero-order valence-electron chi connectivity index (χ0n) is 35.2. The summed E-state index contributed by atoms with van der Waals surface area (Å²) >= 11 is 0. The van der Waals surface area contributed by atoms with Gasteiger partial charge in [0, 0.05) is 39.2 Å². The van der Waals surface area contributed by atoms with Crippen LogP contribution in [0.15, 0.2) is 224 Å². The Kier molecular flexibility index (Phi) is 8.55. The fourth-order valence-electron chi connectivity index (χ4n) is 10.1. The van der Waals surface area contributed by atoms with Crippen LogP contribution < -0.4 is 9.64 Å². The van der Waals surface area contributed by atoms with Crippen LogP contribution in [0.2, 0.25) is 0 Å². The van der Waals surface area contributed by atoms with E-state index < -0.39 is 0 Å². The normalized spacial score (nSPS) is 12.9. The highest BCUT2D eigenvalue weighted by Crippen LogP contribution is 2.53. The third kappa shape index (κ3) is 6.17. The van der Waals surface area contributed by atoms with Crippen molar-refractivity contribution in [3.8, 4) is 78.3 Å². The van der Waals surface area contributed by atoms with E-state index in [-0.39, 0.29) is 5.41 Å². The minimum absolute atomic E-state index is 0.111. The second-order valence-corrected chi connectivity index (χ2v) is 17.3. The van der Waals surface area contributed by atoms with E-state index in [9.17, 15) is 0 Å². The number of anilines is 3. The number of nitrogens with zero attached hydrogens (tertiary/aromatic N) is 1. The molecule has 12 rings (SSSR count). The molecule has 2 nitrogen and oxygen atoms in total. The summed E-state index contributed by atoms with van der Waals surface area (Å²) < 4.78 is 6.93. The van der Waals surface area contributed by atoms with E-state index >= 15 is 0 Å². The molecule has 2 aliphatic rings. The Bertz CT molecular complexity index is 3370. The van der Waals surface area contributed by atoms with Crippen LogP contribution in [-0.2, 0) is 5.41 Å². The van der Waals surface area contributed by atoms with Crippen molar-refractivity contribution in [2.24, 2.45) is 0 Å². The molecule has 0 bridgehead atoms. The van der Waals surface area contributed by atoms with Gasteiger partial charge in [-0.15, -0.1) is 0 Å². The number of fused-ring (bicyclic) bond motifs is 10. The lowest BCUT2D eigenvalue weighted by Crippen LogP contribution is -2.16. The monoisotopic (exact) mass is 805 g/mol. The van der Waals surface area contributed by atoms with Crippen molar-refractivity contribution < 1.29 is 4.74 Å². The van der Waals surface area contributed by atoms with Crippen LogP contribution in [-0.4, -0.2) is 0 Å². The zero-order valence-corrected chi connectivity index (χ0v) is 35.2. The smallest absolute Gasteiger partial charge is 0.135 e. The number of rotatable bonds is 6. The van der Waals surface area contributed by atoms with Crippen LogP contribution in [0, 0.1) is 0 Å². The van der Waals surface area contributed by atoms with Gasteiger partial charge in [0.05, 0.1) is 0 Å². The van der Waals surface area contributed by atoms with E-state index in [4.69, 9.17) is 4.74 Å². The summed E-state index contributed by atoms with van der Waals surface area (Å²) in [6.45, 7) is 4.70. The zero-order chi connectivity index (χ0) is 42.1. The van der Waals surface area contributed by atoms with Crippen molar-refractivity contribution in [3.63, 3.8) is 0 Å². The molecule has 63 heavy (non-hydrogen) atoms. The Hall–Kier alpha value is -7.94. The number of ether oxygens (including phenoxy) is 1. The quantitative estimate of drug-likeness (QED) is 0.166. The summed E-state index contributed by atoms with van der Waals surface area (Å²) in [7, 11) is 0. The van der Waals surface area contributed by atoms with E-state index in [2.05, 4.69) is 243 Å². The molecule has 0 amide bonds. The fourth-order valence-corrected chi connectivity index (χ4v) is 10.1. The summed E-state index contributed by atoms with van der Waals surface area (Å²) in [4.78, 5) is 2.39. The first-order valence-corrected chi connectivity index (χ1v) is 21.8. The van der Waals surface area contributed by atoms with Gasteiger partial charge in [0.25, 0.3) is 0 Å². The standard InChI is InChI=1S/C61H43NO/c1-61(2)56-20-12-11-19-51(56)52-35-32-49(39-57(52)61)62(47-28-21-42(22-29-47)40-13-5-3-6-14-40)48-30-23-43(24-31-48)45-27-36-58-55(37-45)53-33-25-44-17-9-10-18-50(44)60(53)54-34-26-46(38-59(54)63-58)41-15-7-4-8-16-41/h3-39H,1-2H3. The fraction of sp³-hybridized carbons (Fsp3) is 0.0492. The SMILES string of the molecule is CC1(C)c2ccccc2-c2ccc(N(c3ccc(-c4ccccc4)cc3)c3ccc(-c4ccc5c(c4)-c4ccc6ccccc6c4-c4ccc(-c6ccccc6)cc4O5)cc3)cc21. The van der Waals surface area contributed by atoms with E-state index in [0.717, 1.165) is 56.4 Å². The maximum Gasteiger partial charge on any atom is 0.135 e. The third-order valence-corrected chi connectivity index (χ3v) is 13.3. The number of hydrogen-bond donors (Lipinski definition) is 0. The Balaban J connectivity index is 0.954. The van der Waals surface area contributed by atoms with E-state index in [1.54, 1.807) is 0 Å². The molecule has 0 atom stereocenters. The van der Waals surface area contributed by atoms with Crippen molar-refractivity contribution in [2.75, 3.05) is 4.90 Å². The molecule has 10 aromatic carbocycles. The highest BCUT2D eigenvalue weighted by Gasteiger charge is 2.36. The minimum Gasteiger partial charge on any atom is -0.456 e. The average Bonchev–Trinajstić information content (AvgIpc) is 3.47. The van der Waals surface area contributed by atoms with Gasteiger partial charge < -0.3 is 9.64 Å². The largest absolute Gasteiger partial charge is 0.456 e. The van der Waals surface area contributed by atoms with Crippen LogP contribution in [0.4, 0.5) is 17.1 Å². The molecule has 298 valence electrons. The molecule has 1 aliphatic carbocycles. The molecule has 1 heterocycles. The van der Waals surface area contributed by atoms with Gasteiger partial charge in [0.15, 0.2) is 0 Å². The predicted octanol–water partition coefficient (Wildman–Crippen LogP) is 17.1. The van der Waals surface area contributed by atoms with Crippen LogP contribution in [0.3, 0.4) is 0 Å². The van der Waals surface area contributed by atoms with Crippen LogP contribution >= 0.6 is 0 Å². The summed E-state index contributed by atoms with van der Waals surface area (Å²) in [5.41, 5.74) is 20.1. The molecule has 0 N–H and O–H groups in total. The highest BCUT2D eigenvalue weighted by molar-refractivity contribution is 6.07. The molecule has 0 radical (unpaired) electrons. The third-order valence-electron chi connectivity index (χ3n) is 13.3. The van der Waals surface area contributed by atoms with Crippen molar-refractivity contribution in [3.05, 3.63) is 236 Å². The van der Waals surface area contributed by atoms with E-state index in [1.807, 2.05) is 0 Å². The second-order valence-electron chi connectivity index (χ2n) is 17.3. The minimum atomic E-state index is -0.111. The first kappa shape index (κ1) is 36.9. The average molecular weight is 806 g/mol. The maximum absolute atomic E-state index is 6.93. The molecule has 0 saturated carbocycles. The maximum atomic E-state index is 6.93. The molecule has 0 spiro atoms. The number of hydrogen-bond acceptors (Lipinski definition) is 2. The Morgan fingerprint density at radius 3 is 1.60 bits per heavy atom. The molecule has 1 aliphatic heterocycles. The number of benzene rings is 10. The molecular weight excluding hydrogens is 763 g/mol. The summed E-state index contributed by atoms with van der Waals surface area (Å²) in [5, 5.41) is 2.42. The van der Waals surface area contributed by atoms with Gasteiger partial charge in [-0.05, 0) is 133 Å².